The standard InChI is InChI=1S/C32H40N2O6S.C2H2O4/c1-33(18-15-22-19-27(38-5)30(40-7)28(20-22)39-6)17-10-16-32(23-13-14-25(36-3)26(21-23)37-4)31(35)34(2)24-11-8-9-12-29(24)41-32;3-1(4)2(5)6/h8-9,11-14,19-21H,10,15-18H2,1-7H3;(H,3,4)(H,5,6). The molecule has 1 aliphatic rings. The Labute approximate surface area is 279 Å². The molecule has 3 aromatic rings. The maximum Gasteiger partial charge on any atom is 0.414 e. The summed E-state index contributed by atoms with van der Waals surface area (Å²) in [5.74, 6) is -0.439. The van der Waals surface area contributed by atoms with Crippen LogP contribution in [0.3, 0.4) is 0 Å². The van der Waals surface area contributed by atoms with Gasteiger partial charge in [0.05, 0.1) is 41.2 Å². The molecular formula is C34H42N2O10S. The molecule has 0 saturated heterocycles. The number of carboxylic acid groups (broad SMARTS) is 2. The molecule has 254 valence electrons. The monoisotopic (exact) mass is 670 g/mol. The van der Waals surface area contributed by atoms with Gasteiger partial charge in [0.25, 0.3) is 0 Å². The fourth-order valence-corrected chi connectivity index (χ4v) is 6.86. The molecule has 2 N–H and O–H groups in total. The van der Waals surface area contributed by atoms with Crippen LogP contribution in [0.4, 0.5) is 5.69 Å². The number of methoxy groups -OCH3 is 5. The second kappa shape index (κ2) is 16.8. The van der Waals surface area contributed by atoms with Crippen molar-refractivity contribution >= 4 is 35.3 Å². The van der Waals surface area contributed by atoms with E-state index in [0.29, 0.717) is 35.2 Å². The fraction of sp³-hybridized carbons (Fsp3) is 0.382. The average molecular weight is 671 g/mol. The van der Waals surface area contributed by atoms with E-state index < -0.39 is 16.7 Å². The van der Waals surface area contributed by atoms with E-state index in [9.17, 15) is 4.79 Å². The smallest absolute Gasteiger partial charge is 0.414 e. The Morgan fingerprint density at radius 2 is 1.40 bits per heavy atom. The molecule has 1 aliphatic heterocycles. The van der Waals surface area contributed by atoms with Gasteiger partial charge in [0.1, 0.15) is 4.75 Å². The molecule has 0 aliphatic carbocycles. The van der Waals surface area contributed by atoms with Crippen LogP contribution < -0.4 is 28.6 Å². The lowest BCUT2D eigenvalue weighted by atomic mass is 9.90. The minimum atomic E-state index is -1.82. The van der Waals surface area contributed by atoms with Crippen LogP contribution in [0, 0.1) is 0 Å². The molecular weight excluding hydrogens is 628 g/mol. The van der Waals surface area contributed by atoms with Crippen LogP contribution in [0.1, 0.15) is 24.0 Å². The van der Waals surface area contributed by atoms with Gasteiger partial charge in [-0.3, -0.25) is 4.79 Å². The highest BCUT2D eigenvalue weighted by Gasteiger charge is 2.47. The van der Waals surface area contributed by atoms with E-state index >= 15 is 0 Å². The van der Waals surface area contributed by atoms with Crippen molar-refractivity contribution in [2.24, 2.45) is 0 Å². The molecule has 1 amide bonds. The molecule has 3 aromatic carbocycles. The first kappa shape index (κ1) is 36.8. The second-order valence-corrected chi connectivity index (χ2v) is 12.0. The van der Waals surface area contributed by atoms with Gasteiger partial charge in [0, 0.05) is 18.5 Å². The number of anilines is 1. The Hall–Kier alpha value is -4.62. The molecule has 4 rings (SSSR count). The Kier molecular flexibility index (Phi) is 13.2. The number of hydrogen-bond acceptors (Lipinski definition) is 10. The van der Waals surface area contributed by atoms with E-state index in [0.717, 1.165) is 47.6 Å². The summed E-state index contributed by atoms with van der Waals surface area (Å²) in [6, 6.07) is 17.9. The van der Waals surface area contributed by atoms with Crippen molar-refractivity contribution in [2.45, 2.75) is 28.9 Å². The molecule has 0 bridgehead atoms. The summed E-state index contributed by atoms with van der Waals surface area (Å²) >= 11 is 1.63. The highest BCUT2D eigenvalue weighted by atomic mass is 32.2. The van der Waals surface area contributed by atoms with Crippen molar-refractivity contribution in [1.82, 2.24) is 4.90 Å². The van der Waals surface area contributed by atoms with Gasteiger partial charge in [-0.15, -0.1) is 11.8 Å². The van der Waals surface area contributed by atoms with E-state index in [4.69, 9.17) is 43.5 Å². The number of amides is 1. The van der Waals surface area contributed by atoms with Crippen LogP contribution in [0.2, 0.25) is 0 Å². The number of fused-ring (bicyclic) bond motifs is 1. The predicted molar refractivity (Wildman–Crippen MR) is 179 cm³/mol. The lowest BCUT2D eigenvalue weighted by Gasteiger charge is -2.41. The van der Waals surface area contributed by atoms with E-state index in [1.54, 1.807) is 52.2 Å². The maximum absolute atomic E-state index is 14.1. The van der Waals surface area contributed by atoms with Crippen LogP contribution >= 0.6 is 11.8 Å². The lowest BCUT2D eigenvalue weighted by Crippen LogP contribution is -2.46. The van der Waals surface area contributed by atoms with E-state index in [1.165, 1.54) is 0 Å². The number of ether oxygens (including phenoxy) is 5. The van der Waals surface area contributed by atoms with Crippen LogP contribution in [0.15, 0.2) is 59.5 Å². The molecule has 12 nitrogen and oxygen atoms in total. The van der Waals surface area contributed by atoms with Crippen molar-refractivity contribution in [3.05, 3.63) is 65.7 Å². The number of carboxylic acids is 2. The molecule has 47 heavy (non-hydrogen) atoms. The summed E-state index contributed by atoms with van der Waals surface area (Å²) in [6.07, 6.45) is 2.31. The van der Waals surface area contributed by atoms with Crippen LogP contribution in [0.25, 0.3) is 0 Å². The summed E-state index contributed by atoms with van der Waals surface area (Å²) in [5, 5.41) is 14.8. The number of carbonyl (C=O) groups is 3. The van der Waals surface area contributed by atoms with Gasteiger partial charge < -0.3 is 43.7 Å². The molecule has 1 atom stereocenters. The molecule has 0 aromatic heterocycles. The topological polar surface area (TPSA) is 144 Å². The number of aliphatic carboxylic acids is 2. The SMILES string of the molecule is COc1ccc(C2(CCCN(C)CCc3cc(OC)c(OC)c(OC)c3)Sc3ccccc3N(C)C2=O)cc1OC.O=C(O)C(=O)O. The number of likely N-dealkylation sites (N-methyl/N-ethyl adjacent to an activating group) is 2. The molecule has 0 saturated carbocycles. The second-order valence-electron chi connectivity index (χ2n) is 10.6. The summed E-state index contributed by atoms with van der Waals surface area (Å²) in [5.41, 5.74) is 2.94. The summed E-state index contributed by atoms with van der Waals surface area (Å²) in [4.78, 5) is 37.5. The largest absolute Gasteiger partial charge is 0.493 e. The van der Waals surface area contributed by atoms with Gasteiger partial charge in [-0.25, -0.2) is 9.59 Å². The van der Waals surface area contributed by atoms with Crippen LogP contribution in [-0.4, -0.2) is 95.7 Å². The predicted octanol–water partition coefficient (Wildman–Crippen LogP) is 4.80. The zero-order valence-corrected chi connectivity index (χ0v) is 28.5. The first-order valence-corrected chi connectivity index (χ1v) is 15.5. The van der Waals surface area contributed by atoms with E-state index in [1.807, 2.05) is 55.6 Å². The zero-order chi connectivity index (χ0) is 34.7. The van der Waals surface area contributed by atoms with Gasteiger partial charge in [-0.1, -0.05) is 18.2 Å². The Bertz CT molecular complexity index is 1530. The third-order valence-corrected chi connectivity index (χ3v) is 9.30. The molecule has 1 unspecified atom stereocenters. The normalized spacial score (nSPS) is 15.2. The van der Waals surface area contributed by atoms with Crippen LogP contribution in [-0.2, 0) is 25.6 Å². The van der Waals surface area contributed by atoms with Gasteiger partial charge in [0.2, 0.25) is 11.7 Å². The quantitative estimate of drug-likeness (QED) is 0.241. The van der Waals surface area contributed by atoms with Crippen molar-refractivity contribution in [2.75, 3.05) is 67.6 Å². The highest BCUT2D eigenvalue weighted by molar-refractivity contribution is 8.01. The molecule has 0 spiro atoms. The molecule has 0 fully saturated rings. The van der Waals surface area contributed by atoms with Gasteiger partial charge in [0.15, 0.2) is 23.0 Å². The number of nitrogens with zero attached hydrogens (tertiary/aromatic N) is 2. The van der Waals surface area contributed by atoms with Gasteiger partial charge in [-0.05, 0) is 80.4 Å². The summed E-state index contributed by atoms with van der Waals surface area (Å²) < 4.78 is 26.8. The molecule has 0 radical (unpaired) electrons. The Balaban J connectivity index is 0.000000913. The minimum Gasteiger partial charge on any atom is -0.493 e. The first-order chi connectivity index (χ1) is 22.5. The third-order valence-electron chi connectivity index (χ3n) is 7.77. The average Bonchev–Trinajstić information content (AvgIpc) is 3.08. The van der Waals surface area contributed by atoms with Crippen LogP contribution in [0.5, 0.6) is 28.7 Å². The van der Waals surface area contributed by atoms with Gasteiger partial charge in [-0.2, -0.15) is 0 Å². The molecule has 13 heteroatoms. The number of rotatable bonds is 13. The minimum absolute atomic E-state index is 0.0634. The number of para-hydroxylation sites is 1. The Morgan fingerprint density at radius 3 is 1.96 bits per heavy atom. The lowest BCUT2D eigenvalue weighted by molar-refractivity contribution is -0.159. The van der Waals surface area contributed by atoms with Crippen molar-refractivity contribution in [3.63, 3.8) is 0 Å². The number of carbonyl (C=O) groups excluding carboxylic acids is 1. The zero-order valence-electron chi connectivity index (χ0n) is 27.7. The van der Waals surface area contributed by atoms with Crippen molar-refractivity contribution < 1.29 is 48.3 Å². The number of benzene rings is 3. The summed E-state index contributed by atoms with van der Waals surface area (Å²) in [6.45, 7) is 1.67. The van der Waals surface area contributed by atoms with Crippen molar-refractivity contribution in [3.8, 4) is 28.7 Å². The number of thioether (sulfide) groups is 1. The number of hydrogen-bond donors (Lipinski definition) is 2. The van der Waals surface area contributed by atoms with E-state index in [2.05, 4.69) is 18.0 Å². The highest BCUT2D eigenvalue weighted by Crippen LogP contribution is 2.53. The summed E-state index contributed by atoms with van der Waals surface area (Å²) in [7, 11) is 12.1. The van der Waals surface area contributed by atoms with Gasteiger partial charge >= 0.3 is 11.9 Å². The maximum atomic E-state index is 14.1. The fourth-order valence-electron chi connectivity index (χ4n) is 5.31. The third kappa shape index (κ3) is 8.60. The Morgan fingerprint density at radius 1 is 0.809 bits per heavy atom. The van der Waals surface area contributed by atoms with Crippen molar-refractivity contribution in [1.29, 1.82) is 0 Å². The van der Waals surface area contributed by atoms with E-state index in [-0.39, 0.29) is 5.91 Å². The first-order valence-electron chi connectivity index (χ1n) is 14.7. The molecule has 1 heterocycles.